The van der Waals surface area contributed by atoms with E-state index in [0.29, 0.717) is 17.1 Å². The predicted octanol–water partition coefficient (Wildman–Crippen LogP) is 2.86. The molecule has 3 rings (SSSR count). The number of carbonyl (C=O) groups is 1. The zero-order chi connectivity index (χ0) is 17.8. The molecule has 0 atom stereocenters. The summed E-state index contributed by atoms with van der Waals surface area (Å²) in [6, 6.07) is 13.2. The highest BCUT2D eigenvalue weighted by Gasteiger charge is 2.14. The SMILES string of the molecule is COc1cccc2cccc(C(=O)Nc3ccn(CCN(C)C)n3)c12. The number of likely N-dealkylation sites (N-methyl/N-ethyl adjacent to an activating group) is 1. The predicted molar refractivity (Wildman–Crippen MR) is 99.2 cm³/mol. The van der Waals surface area contributed by atoms with Crippen molar-refractivity contribution in [3.63, 3.8) is 0 Å². The number of rotatable bonds is 6. The number of hydrogen-bond donors (Lipinski definition) is 1. The molecule has 0 aliphatic heterocycles. The van der Waals surface area contributed by atoms with Crippen molar-refractivity contribution in [2.75, 3.05) is 33.1 Å². The molecule has 1 heterocycles. The summed E-state index contributed by atoms with van der Waals surface area (Å²) in [6.45, 7) is 1.65. The fraction of sp³-hybridized carbons (Fsp3) is 0.263. The van der Waals surface area contributed by atoms with Gasteiger partial charge in [0, 0.05) is 24.2 Å². The number of nitrogens with zero attached hydrogens (tertiary/aromatic N) is 3. The van der Waals surface area contributed by atoms with Crippen LogP contribution < -0.4 is 10.1 Å². The quantitative estimate of drug-likeness (QED) is 0.751. The Morgan fingerprint density at radius 3 is 2.68 bits per heavy atom. The van der Waals surface area contributed by atoms with Crippen molar-refractivity contribution in [1.29, 1.82) is 0 Å². The fourth-order valence-electron chi connectivity index (χ4n) is 2.70. The number of nitrogens with one attached hydrogen (secondary N) is 1. The second kappa shape index (κ2) is 7.36. The molecule has 0 saturated carbocycles. The lowest BCUT2D eigenvalue weighted by atomic mass is 10.0. The van der Waals surface area contributed by atoms with Gasteiger partial charge in [0.25, 0.3) is 5.91 Å². The van der Waals surface area contributed by atoms with Crippen LogP contribution in [0.5, 0.6) is 5.75 Å². The van der Waals surface area contributed by atoms with Crippen molar-refractivity contribution in [3.05, 3.63) is 54.2 Å². The number of methoxy groups -OCH3 is 1. The molecule has 1 aromatic heterocycles. The topological polar surface area (TPSA) is 59.4 Å². The van der Waals surface area contributed by atoms with Gasteiger partial charge in [-0.2, -0.15) is 5.10 Å². The Morgan fingerprint density at radius 1 is 1.20 bits per heavy atom. The molecule has 0 aliphatic rings. The molecule has 6 nitrogen and oxygen atoms in total. The highest BCUT2D eigenvalue weighted by Crippen LogP contribution is 2.29. The number of fused-ring (bicyclic) bond motifs is 1. The van der Waals surface area contributed by atoms with Crippen LogP contribution in [-0.4, -0.2) is 48.3 Å². The number of benzene rings is 2. The average Bonchev–Trinajstić information content (AvgIpc) is 3.06. The minimum Gasteiger partial charge on any atom is -0.496 e. The summed E-state index contributed by atoms with van der Waals surface area (Å²) in [4.78, 5) is 14.8. The van der Waals surface area contributed by atoms with Crippen LogP contribution in [0.3, 0.4) is 0 Å². The first-order chi connectivity index (χ1) is 12.1. The largest absolute Gasteiger partial charge is 0.496 e. The smallest absolute Gasteiger partial charge is 0.257 e. The van der Waals surface area contributed by atoms with E-state index in [1.807, 2.05) is 55.3 Å². The van der Waals surface area contributed by atoms with Gasteiger partial charge in [-0.25, -0.2) is 0 Å². The molecule has 130 valence electrons. The maximum atomic E-state index is 12.7. The monoisotopic (exact) mass is 338 g/mol. The van der Waals surface area contributed by atoms with Crippen molar-refractivity contribution in [3.8, 4) is 5.75 Å². The van der Waals surface area contributed by atoms with E-state index >= 15 is 0 Å². The van der Waals surface area contributed by atoms with Gasteiger partial charge in [0.1, 0.15) is 5.75 Å². The molecule has 0 radical (unpaired) electrons. The van der Waals surface area contributed by atoms with Crippen LogP contribution >= 0.6 is 0 Å². The molecule has 0 saturated heterocycles. The van der Waals surface area contributed by atoms with E-state index in [-0.39, 0.29) is 5.91 Å². The summed E-state index contributed by atoms with van der Waals surface area (Å²) in [5.41, 5.74) is 0.567. The number of aromatic nitrogens is 2. The van der Waals surface area contributed by atoms with Crippen molar-refractivity contribution in [2.45, 2.75) is 6.54 Å². The van der Waals surface area contributed by atoms with Crippen LogP contribution in [0.4, 0.5) is 5.82 Å². The molecular weight excluding hydrogens is 316 g/mol. The molecule has 6 heteroatoms. The molecule has 0 aliphatic carbocycles. The lowest BCUT2D eigenvalue weighted by Gasteiger charge is -2.10. The minimum absolute atomic E-state index is 0.201. The lowest BCUT2D eigenvalue weighted by molar-refractivity contribution is 0.102. The Balaban J connectivity index is 1.83. The third-order valence-corrected chi connectivity index (χ3v) is 3.99. The zero-order valence-electron chi connectivity index (χ0n) is 14.7. The molecule has 25 heavy (non-hydrogen) atoms. The fourth-order valence-corrected chi connectivity index (χ4v) is 2.70. The molecular formula is C19H22N4O2. The molecule has 1 N–H and O–H groups in total. The summed E-state index contributed by atoms with van der Waals surface area (Å²) in [6.07, 6.45) is 1.86. The number of hydrogen-bond acceptors (Lipinski definition) is 4. The number of ether oxygens (including phenoxy) is 1. The van der Waals surface area contributed by atoms with Crippen LogP contribution in [0.25, 0.3) is 10.8 Å². The van der Waals surface area contributed by atoms with E-state index in [9.17, 15) is 4.79 Å². The third kappa shape index (κ3) is 3.80. The number of amides is 1. The van der Waals surface area contributed by atoms with Crippen molar-refractivity contribution in [2.24, 2.45) is 0 Å². The van der Waals surface area contributed by atoms with Crippen LogP contribution in [0, 0.1) is 0 Å². The minimum atomic E-state index is -0.201. The second-order valence-corrected chi connectivity index (χ2v) is 6.09. The number of anilines is 1. The van der Waals surface area contributed by atoms with Gasteiger partial charge in [0.15, 0.2) is 5.82 Å². The summed E-state index contributed by atoms with van der Waals surface area (Å²) in [5, 5.41) is 9.03. The van der Waals surface area contributed by atoms with Gasteiger partial charge in [-0.1, -0.05) is 24.3 Å². The van der Waals surface area contributed by atoms with Gasteiger partial charge in [0.2, 0.25) is 0 Å². The van der Waals surface area contributed by atoms with E-state index in [1.165, 1.54) is 0 Å². The van der Waals surface area contributed by atoms with Crippen LogP contribution in [-0.2, 0) is 6.54 Å². The molecule has 0 spiro atoms. The normalized spacial score (nSPS) is 11.0. The van der Waals surface area contributed by atoms with E-state index in [1.54, 1.807) is 19.2 Å². The van der Waals surface area contributed by atoms with Crippen LogP contribution in [0.1, 0.15) is 10.4 Å². The summed E-state index contributed by atoms with van der Waals surface area (Å²) in [5.74, 6) is 1.02. The first-order valence-electron chi connectivity index (χ1n) is 8.14. The molecule has 1 amide bonds. The summed E-state index contributed by atoms with van der Waals surface area (Å²) in [7, 11) is 5.63. The highest BCUT2D eigenvalue weighted by molar-refractivity contribution is 6.14. The van der Waals surface area contributed by atoms with E-state index < -0.39 is 0 Å². The van der Waals surface area contributed by atoms with Crippen molar-refractivity contribution in [1.82, 2.24) is 14.7 Å². The van der Waals surface area contributed by atoms with Gasteiger partial charge in [-0.15, -0.1) is 0 Å². The van der Waals surface area contributed by atoms with Gasteiger partial charge in [-0.3, -0.25) is 9.48 Å². The summed E-state index contributed by atoms with van der Waals surface area (Å²) >= 11 is 0. The Bertz CT molecular complexity index is 881. The third-order valence-electron chi connectivity index (χ3n) is 3.99. The van der Waals surface area contributed by atoms with Crippen molar-refractivity contribution >= 4 is 22.5 Å². The van der Waals surface area contributed by atoms with Crippen molar-refractivity contribution < 1.29 is 9.53 Å². The Morgan fingerprint density at radius 2 is 1.96 bits per heavy atom. The van der Waals surface area contributed by atoms with E-state index in [2.05, 4.69) is 15.3 Å². The summed E-state index contributed by atoms with van der Waals surface area (Å²) < 4.78 is 7.24. The van der Waals surface area contributed by atoms with Crippen LogP contribution in [0.2, 0.25) is 0 Å². The second-order valence-electron chi connectivity index (χ2n) is 6.09. The lowest BCUT2D eigenvalue weighted by Crippen LogP contribution is -2.19. The molecule has 0 bridgehead atoms. The highest BCUT2D eigenvalue weighted by atomic mass is 16.5. The van der Waals surface area contributed by atoms with Gasteiger partial charge < -0.3 is 15.0 Å². The van der Waals surface area contributed by atoms with E-state index in [4.69, 9.17) is 4.74 Å². The molecule has 0 unspecified atom stereocenters. The molecule has 2 aromatic carbocycles. The first kappa shape index (κ1) is 17.0. The Labute approximate surface area is 147 Å². The molecule has 3 aromatic rings. The maximum absolute atomic E-state index is 12.7. The van der Waals surface area contributed by atoms with Crippen LogP contribution in [0.15, 0.2) is 48.7 Å². The zero-order valence-corrected chi connectivity index (χ0v) is 14.7. The number of carbonyl (C=O) groups excluding carboxylic acids is 1. The van der Waals surface area contributed by atoms with Gasteiger partial charge in [-0.05, 0) is 31.6 Å². The maximum Gasteiger partial charge on any atom is 0.257 e. The van der Waals surface area contributed by atoms with Gasteiger partial charge >= 0.3 is 0 Å². The van der Waals surface area contributed by atoms with Gasteiger partial charge in [0.05, 0.1) is 19.2 Å². The molecule has 0 fully saturated rings. The Kier molecular flexibility index (Phi) is 5.00. The average molecular weight is 338 g/mol. The Hall–Kier alpha value is -2.86. The first-order valence-corrected chi connectivity index (χ1v) is 8.14. The standard InChI is InChI=1S/C19H22N4O2/c1-22(2)12-13-23-11-10-17(21-23)20-19(24)15-8-4-6-14-7-5-9-16(25-3)18(14)15/h4-11H,12-13H2,1-3H3,(H,20,21,24). The van der Waals surface area contributed by atoms with E-state index in [0.717, 1.165) is 23.9 Å².